The molecule has 1 saturated carbocycles. The van der Waals surface area contributed by atoms with Gasteiger partial charge in [0, 0.05) is 0 Å². The molecule has 2 spiro atoms. The summed E-state index contributed by atoms with van der Waals surface area (Å²) in [6.45, 7) is 0.991. The molecule has 1 aromatic rings. The zero-order valence-corrected chi connectivity index (χ0v) is 9.37. The van der Waals surface area contributed by atoms with Crippen molar-refractivity contribution in [3.05, 3.63) is 35.4 Å². The molecule has 1 aromatic carbocycles. The Morgan fingerprint density at radius 3 is 2.31 bits per heavy atom. The Morgan fingerprint density at radius 2 is 1.75 bits per heavy atom. The molecule has 0 amide bonds. The molecule has 2 nitrogen and oxygen atoms in total. The van der Waals surface area contributed by atoms with Crippen LogP contribution in [-0.4, -0.2) is 18.4 Å². The third-order valence-corrected chi connectivity index (χ3v) is 4.53. The van der Waals surface area contributed by atoms with Gasteiger partial charge in [-0.05, 0) is 42.2 Å². The molecule has 0 unspecified atom stereocenters. The molecule has 0 saturated heterocycles. The Kier molecular flexibility index (Phi) is 1.47. The van der Waals surface area contributed by atoms with Crippen LogP contribution in [0.5, 0.6) is 0 Å². The fourth-order valence-electron chi connectivity index (χ4n) is 4.07. The van der Waals surface area contributed by atoms with E-state index in [0.29, 0.717) is 11.0 Å². The van der Waals surface area contributed by atoms with Crippen molar-refractivity contribution < 1.29 is 0 Å². The summed E-state index contributed by atoms with van der Waals surface area (Å²) in [7, 11) is 0. The molecule has 4 rings (SSSR count). The maximum atomic E-state index is 4.33. The Morgan fingerprint density at radius 1 is 1.06 bits per heavy atom. The lowest BCUT2D eigenvalue weighted by Gasteiger charge is -2.53. The molecule has 0 aromatic heterocycles. The van der Waals surface area contributed by atoms with E-state index in [1.54, 1.807) is 11.1 Å². The smallest absolute Gasteiger partial charge is 0.0829 e. The lowest BCUT2D eigenvalue weighted by atomic mass is 9.56. The van der Waals surface area contributed by atoms with Gasteiger partial charge >= 0.3 is 0 Å². The molecular formula is C14H16N2. The van der Waals surface area contributed by atoms with Crippen molar-refractivity contribution in [1.29, 1.82) is 0 Å². The normalized spacial score (nSPS) is 26.8. The number of hydrogen-bond donors (Lipinski definition) is 1. The highest BCUT2D eigenvalue weighted by atomic mass is 15.1. The third-order valence-electron chi connectivity index (χ3n) is 4.53. The van der Waals surface area contributed by atoms with E-state index in [1.807, 2.05) is 6.34 Å². The van der Waals surface area contributed by atoms with Crippen LogP contribution in [0, 0.1) is 5.41 Å². The molecular weight excluding hydrogens is 196 g/mol. The van der Waals surface area contributed by atoms with Gasteiger partial charge in [-0.15, -0.1) is 0 Å². The van der Waals surface area contributed by atoms with Gasteiger partial charge in [0.1, 0.15) is 0 Å². The second-order valence-electron chi connectivity index (χ2n) is 5.87. The van der Waals surface area contributed by atoms with Gasteiger partial charge in [-0.25, -0.2) is 0 Å². The van der Waals surface area contributed by atoms with Gasteiger partial charge in [0.2, 0.25) is 0 Å². The van der Waals surface area contributed by atoms with E-state index in [1.165, 1.54) is 25.7 Å². The molecule has 3 aliphatic rings. The molecule has 0 bridgehead atoms. The summed E-state index contributed by atoms with van der Waals surface area (Å²) in [5, 5.41) is 3.46. The molecule has 82 valence electrons. The zero-order valence-electron chi connectivity index (χ0n) is 9.37. The van der Waals surface area contributed by atoms with E-state index < -0.39 is 0 Å². The molecule has 2 heteroatoms. The van der Waals surface area contributed by atoms with Gasteiger partial charge in [0.15, 0.2) is 0 Å². The average molecular weight is 212 g/mol. The Balaban J connectivity index is 1.57. The lowest BCUT2D eigenvalue weighted by Crippen LogP contribution is -2.60. The molecule has 1 heterocycles. The van der Waals surface area contributed by atoms with Crippen LogP contribution in [0.3, 0.4) is 0 Å². The number of aliphatic imine (C=N–C) groups is 1. The monoisotopic (exact) mass is 212 g/mol. The minimum atomic E-state index is 0.335. The Labute approximate surface area is 95.8 Å². The molecule has 2 aliphatic carbocycles. The van der Waals surface area contributed by atoms with Crippen molar-refractivity contribution in [2.24, 2.45) is 10.4 Å². The van der Waals surface area contributed by atoms with Crippen LogP contribution < -0.4 is 5.32 Å². The van der Waals surface area contributed by atoms with Crippen LogP contribution in [0.2, 0.25) is 0 Å². The minimum Gasteiger partial charge on any atom is -0.369 e. The first-order valence-electron chi connectivity index (χ1n) is 6.12. The molecule has 1 aliphatic heterocycles. The molecule has 0 atom stereocenters. The van der Waals surface area contributed by atoms with Crippen molar-refractivity contribution in [3.8, 4) is 0 Å². The van der Waals surface area contributed by atoms with Gasteiger partial charge in [-0.3, -0.25) is 4.99 Å². The van der Waals surface area contributed by atoms with Gasteiger partial charge in [0.25, 0.3) is 0 Å². The Hall–Kier alpha value is -1.31. The van der Waals surface area contributed by atoms with Crippen LogP contribution in [-0.2, 0) is 12.8 Å². The predicted molar refractivity (Wildman–Crippen MR) is 64.7 cm³/mol. The standard InChI is InChI=1S/C14H16N2/c1-2-4-12-6-13(5-11(12)3-1)7-14(8-13)9-15-10-16-14/h1-4,10H,5-9H2,(H,15,16). The Bertz CT molecular complexity index is 432. The van der Waals surface area contributed by atoms with Gasteiger partial charge < -0.3 is 5.32 Å². The summed E-state index contributed by atoms with van der Waals surface area (Å²) in [5.74, 6) is 0. The van der Waals surface area contributed by atoms with Crippen LogP contribution in [0.15, 0.2) is 29.3 Å². The molecule has 0 radical (unpaired) electrons. The number of fused-ring (bicyclic) bond motifs is 1. The van der Waals surface area contributed by atoms with Gasteiger partial charge in [-0.1, -0.05) is 24.3 Å². The van der Waals surface area contributed by atoms with Crippen molar-refractivity contribution in [1.82, 2.24) is 5.32 Å². The van der Waals surface area contributed by atoms with Crippen molar-refractivity contribution >= 4 is 6.34 Å². The quantitative estimate of drug-likeness (QED) is 0.698. The maximum absolute atomic E-state index is 4.33. The van der Waals surface area contributed by atoms with Crippen LogP contribution in [0.25, 0.3) is 0 Å². The van der Waals surface area contributed by atoms with E-state index in [4.69, 9.17) is 0 Å². The third kappa shape index (κ3) is 1.05. The largest absolute Gasteiger partial charge is 0.369 e. The van der Waals surface area contributed by atoms with Crippen molar-refractivity contribution in [2.75, 3.05) is 6.54 Å². The topological polar surface area (TPSA) is 24.4 Å². The number of nitrogens with zero attached hydrogens (tertiary/aromatic N) is 1. The minimum absolute atomic E-state index is 0.335. The summed E-state index contributed by atoms with van der Waals surface area (Å²) in [6, 6.07) is 8.94. The maximum Gasteiger partial charge on any atom is 0.0829 e. The highest BCUT2D eigenvalue weighted by Gasteiger charge is 2.56. The zero-order chi connectivity index (χ0) is 10.6. The summed E-state index contributed by atoms with van der Waals surface area (Å²) in [6.07, 6.45) is 7.07. The van der Waals surface area contributed by atoms with E-state index in [9.17, 15) is 0 Å². The lowest BCUT2D eigenvalue weighted by molar-refractivity contribution is 0.0353. The summed E-state index contributed by atoms with van der Waals surface area (Å²) in [4.78, 5) is 4.33. The fraction of sp³-hybridized carbons (Fsp3) is 0.500. The number of benzene rings is 1. The first-order valence-corrected chi connectivity index (χ1v) is 6.12. The first kappa shape index (κ1) is 8.80. The average Bonchev–Trinajstić information content (AvgIpc) is 2.82. The van der Waals surface area contributed by atoms with Crippen molar-refractivity contribution in [2.45, 2.75) is 31.2 Å². The number of rotatable bonds is 0. The first-order chi connectivity index (χ1) is 7.79. The summed E-state index contributed by atoms with van der Waals surface area (Å²) < 4.78 is 0. The van der Waals surface area contributed by atoms with Crippen LogP contribution in [0.1, 0.15) is 24.0 Å². The summed E-state index contributed by atoms with van der Waals surface area (Å²) >= 11 is 0. The second kappa shape index (κ2) is 2.68. The van der Waals surface area contributed by atoms with Crippen LogP contribution in [0.4, 0.5) is 0 Å². The molecule has 1 N–H and O–H groups in total. The number of hydrogen-bond acceptors (Lipinski definition) is 2. The van der Waals surface area contributed by atoms with Crippen molar-refractivity contribution in [3.63, 3.8) is 0 Å². The highest BCUT2D eigenvalue weighted by molar-refractivity contribution is 5.60. The van der Waals surface area contributed by atoms with Gasteiger partial charge in [0.05, 0.1) is 18.4 Å². The fourth-order valence-corrected chi connectivity index (χ4v) is 4.07. The van der Waals surface area contributed by atoms with E-state index in [2.05, 4.69) is 34.6 Å². The van der Waals surface area contributed by atoms with E-state index in [0.717, 1.165) is 6.54 Å². The van der Waals surface area contributed by atoms with E-state index in [-0.39, 0.29) is 0 Å². The highest BCUT2D eigenvalue weighted by Crippen LogP contribution is 2.56. The SMILES string of the molecule is C1=NCC2(CC3(Cc4ccccc4C3)C2)N1. The predicted octanol–water partition coefficient (Wildman–Crippen LogP) is 1.94. The second-order valence-corrected chi connectivity index (χ2v) is 5.87. The van der Waals surface area contributed by atoms with Gasteiger partial charge in [-0.2, -0.15) is 0 Å². The van der Waals surface area contributed by atoms with E-state index >= 15 is 0 Å². The number of nitrogens with one attached hydrogen (secondary N) is 1. The molecule has 1 fully saturated rings. The molecule has 16 heavy (non-hydrogen) atoms. The van der Waals surface area contributed by atoms with Crippen LogP contribution >= 0.6 is 0 Å². The summed E-state index contributed by atoms with van der Waals surface area (Å²) in [5.41, 5.74) is 4.06.